The fourth-order valence-corrected chi connectivity index (χ4v) is 4.83. The summed E-state index contributed by atoms with van der Waals surface area (Å²) in [6.45, 7) is 10.9. The van der Waals surface area contributed by atoms with Crippen molar-refractivity contribution >= 4 is 7.37 Å². The first kappa shape index (κ1) is 19.2. The lowest BCUT2D eigenvalue weighted by Gasteiger charge is -2.24. The molecule has 2 atom stereocenters. The first-order valence-electron chi connectivity index (χ1n) is 7.97. The number of hydrogen-bond acceptors (Lipinski definition) is 1. The van der Waals surface area contributed by atoms with Gasteiger partial charge in [-0.2, -0.15) is 0 Å². The monoisotopic (exact) mass is 290 g/mol. The molecule has 0 bridgehead atoms. The van der Waals surface area contributed by atoms with Crippen LogP contribution in [0.3, 0.4) is 0 Å². The normalized spacial score (nSPS) is 17.2. The van der Waals surface area contributed by atoms with E-state index in [4.69, 9.17) is 0 Å². The molecular weight excluding hydrogens is 255 g/mol. The van der Waals surface area contributed by atoms with Gasteiger partial charge in [0.2, 0.25) is 7.37 Å². The molecule has 2 nitrogen and oxygen atoms in total. The minimum atomic E-state index is -2.89. The van der Waals surface area contributed by atoms with Crippen molar-refractivity contribution < 1.29 is 9.46 Å². The largest absolute Gasteiger partial charge is 0.344 e. The van der Waals surface area contributed by atoms with Gasteiger partial charge in [0.15, 0.2) is 0 Å². The van der Waals surface area contributed by atoms with E-state index < -0.39 is 7.37 Å². The van der Waals surface area contributed by atoms with E-state index in [0.717, 1.165) is 19.3 Å². The predicted molar refractivity (Wildman–Crippen MR) is 86.2 cm³/mol. The van der Waals surface area contributed by atoms with E-state index in [9.17, 15) is 9.46 Å². The van der Waals surface area contributed by atoms with Crippen LogP contribution in [0.1, 0.15) is 79.6 Å². The summed E-state index contributed by atoms with van der Waals surface area (Å²) >= 11 is 0. The molecule has 3 heteroatoms. The Morgan fingerprint density at radius 1 is 1.05 bits per heavy atom. The summed E-state index contributed by atoms with van der Waals surface area (Å²) in [6.07, 6.45) is 9.10. The van der Waals surface area contributed by atoms with Crippen molar-refractivity contribution in [3.8, 4) is 0 Å². The molecule has 116 valence electrons. The average Bonchev–Trinajstić information content (AvgIpc) is 2.19. The zero-order valence-electron chi connectivity index (χ0n) is 13.7. The molecule has 0 fully saturated rings. The SMILES string of the molecule is CCCCCCCCP(=O)(O)CC(C)CC(C)(C)C. The van der Waals surface area contributed by atoms with Crippen LogP contribution in [-0.2, 0) is 4.57 Å². The van der Waals surface area contributed by atoms with Gasteiger partial charge in [-0.15, -0.1) is 0 Å². The summed E-state index contributed by atoms with van der Waals surface area (Å²) in [5.74, 6) is 0.343. The first-order chi connectivity index (χ1) is 8.66. The van der Waals surface area contributed by atoms with Gasteiger partial charge in [0, 0.05) is 12.3 Å². The van der Waals surface area contributed by atoms with Crippen molar-refractivity contribution in [3.05, 3.63) is 0 Å². The molecular formula is C16H35O2P. The molecule has 0 aromatic carbocycles. The Kier molecular flexibility index (Phi) is 9.28. The highest BCUT2D eigenvalue weighted by molar-refractivity contribution is 7.57. The van der Waals surface area contributed by atoms with Crippen LogP contribution >= 0.6 is 7.37 Å². The molecule has 0 aromatic heterocycles. The van der Waals surface area contributed by atoms with E-state index >= 15 is 0 Å². The molecule has 2 unspecified atom stereocenters. The van der Waals surface area contributed by atoms with E-state index in [-0.39, 0.29) is 5.41 Å². The predicted octanol–water partition coefficient (Wildman–Crippen LogP) is 5.69. The smallest absolute Gasteiger partial charge is 0.200 e. The van der Waals surface area contributed by atoms with Gasteiger partial charge >= 0.3 is 0 Å². The second kappa shape index (κ2) is 9.19. The molecule has 0 radical (unpaired) electrons. The molecule has 0 saturated carbocycles. The van der Waals surface area contributed by atoms with Crippen LogP contribution in [0.25, 0.3) is 0 Å². The highest BCUT2D eigenvalue weighted by Crippen LogP contribution is 2.45. The quantitative estimate of drug-likeness (QED) is 0.414. The van der Waals surface area contributed by atoms with Crippen molar-refractivity contribution in [1.82, 2.24) is 0 Å². The van der Waals surface area contributed by atoms with E-state index in [1.54, 1.807) is 0 Å². The van der Waals surface area contributed by atoms with E-state index in [0.29, 0.717) is 18.2 Å². The van der Waals surface area contributed by atoms with Crippen molar-refractivity contribution in [1.29, 1.82) is 0 Å². The van der Waals surface area contributed by atoms with Crippen LogP contribution in [0.5, 0.6) is 0 Å². The third kappa shape index (κ3) is 12.9. The lowest BCUT2D eigenvalue weighted by atomic mass is 9.86. The summed E-state index contributed by atoms with van der Waals surface area (Å²) in [7, 11) is -2.89. The van der Waals surface area contributed by atoms with Gasteiger partial charge in [-0.3, -0.25) is 4.57 Å². The summed E-state index contributed by atoms with van der Waals surface area (Å²) < 4.78 is 12.2. The highest BCUT2D eigenvalue weighted by atomic mass is 31.2. The Morgan fingerprint density at radius 2 is 1.58 bits per heavy atom. The van der Waals surface area contributed by atoms with Gasteiger partial charge in [0.1, 0.15) is 0 Å². The van der Waals surface area contributed by atoms with Crippen molar-refractivity contribution in [2.24, 2.45) is 11.3 Å². The van der Waals surface area contributed by atoms with Gasteiger partial charge in [-0.25, -0.2) is 0 Å². The maximum atomic E-state index is 12.2. The van der Waals surface area contributed by atoms with Crippen LogP contribution in [0.15, 0.2) is 0 Å². The van der Waals surface area contributed by atoms with Crippen LogP contribution in [0, 0.1) is 11.3 Å². The molecule has 0 aliphatic heterocycles. The first-order valence-corrected chi connectivity index (χ1v) is 10.00. The molecule has 0 aromatic rings. The Bertz CT molecular complexity index is 268. The van der Waals surface area contributed by atoms with E-state index in [1.807, 2.05) is 0 Å². The number of rotatable bonds is 10. The van der Waals surface area contributed by atoms with Crippen molar-refractivity contribution in [3.63, 3.8) is 0 Å². The fourth-order valence-electron chi connectivity index (χ4n) is 2.83. The molecule has 0 aliphatic rings. The summed E-state index contributed by atoms with van der Waals surface area (Å²) in [4.78, 5) is 10.0. The van der Waals surface area contributed by atoms with E-state index in [1.165, 1.54) is 25.7 Å². The van der Waals surface area contributed by atoms with Gasteiger partial charge in [-0.1, -0.05) is 66.7 Å². The standard InChI is InChI=1S/C16H35O2P/c1-6-7-8-9-10-11-12-19(17,18)14-15(2)13-16(3,4)5/h15H,6-14H2,1-5H3,(H,17,18). The van der Waals surface area contributed by atoms with Crippen LogP contribution in [0.2, 0.25) is 0 Å². The minimum absolute atomic E-state index is 0.250. The summed E-state index contributed by atoms with van der Waals surface area (Å²) in [5, 5.41) is 0. The third-order valence-electron chi connectivity index (χ3n) is 3.42. The van der Waals surface area contributed by atoms with Crippen molar-refractivity contribution in [2.45, 2.75) is 79.6 Å². The maximum absolute atomic E-state index is 12.2. The number of unbranched alkanes of at least 4 members (excludes halogenated alkanes) is 5. The van der Waals surface area contributed by atoms with E-state index in [2.05, 4.69) is 34.6 Å². The third-order valence-corrected chi connectivity index (χ3v) is 5.63. The summed E-state index contributed by atoms with van der Waals surface area (Å²) in [6, 6.07) is 0. The Hall–Kier alpha value is 0.190. The van der Waals surface area contributed by atoms with Crippen LogP contribution < -0.4 is 0 Å². The minimum Gasteiger partial charge on any atom is -0.344 e. The van der Waals surface area contributed by atoms with Crippen molar-refractivity contribution in [2.75, 3.05) is 12.3 Å². The lowest BCUT2D eigenvalue weighted by Crippen LogP contribution is -2.14. The molecule has 0 amide bonds. The lowest BCUT2D eigenvalue weighted by molar-refractivity contribution is 0.317. The average molecular weight is 290 g/mol. The second-order valence-electron chi connectivity index (χ2n) is 7.39. The molecule has 0 rings (SSSR count). The maximum Gasteiger partial charge on any atom is 0.200 e. The summed E-state index contributed by atoms with van der Waals surface area (Å²) in [5.41, 5.74) is 0.250. The highest BCUT2D eigenvalue weighted by Gasteiger charge is 2.24. The second-order valence-corrected chi connectivity index (χ2v) is 9.90. The molecule has 0 saturated heterocycles. The van der Waals surface area contributed by atoms with Gasteiger partial charge < -0.3 is 4.89 Å². The Labute approximate surface area is 120 Å². The molecule has 19 heavy (non-hydrogen) atoms. The zero-order valence-corrected chi connectivity index (χ0v) is 14.6. The molecule has 0 heterocycles. The molecule has 1 N–H and O–H groups in total. The van der Waals surface area contributed by atoms with Gasteiger partial charge in [0.25, 0.3) is 0 Å². The number of hydrogen-bond donors (Lipinski definition) is 1. The fraction of sp³-hybridized carbons (Fsp3) is 1.00. The van der Waals surface area contributed by atoms with Crippen LogP contribution in [0.4, 0.5) is 0 Å². The van der Waals surface area contributed by atoms with Gasteiger partial charge in [-0.05, 0) is 24.2 Å². The molecule has 0 spiro atoms. The Morgan fingerprint density at radius 3 is 2.11 bits per heavy atom. The molecule has 0 aliphatic carbocycles. The van der Waals surface area contributed by atoms with Gasteiger partial charge in [0.05, 0.1) is 0 Å². The zero-order chi connectivity index (χ0) is 14.9. The van der Waals surface area contributed by atoms with Crippen LogP contribution in [-0.4, -0.2) is 17.2 Å². The topological polar surface area (TPSA) is 37.3 Å². The Balaban J connectivity index is 3.82.